The number of nitriles is 1. The Kier molecular flexibility index (Phi) is 5.29. The summed E-state index contributed by atoms with van der Waals surface area (Å²) < 4.78 is 0. The molecule has 29 heavy (non-hydrogen) atoms. The average Bonchev–Trinajstić information content (AvgIpc) is 2.80. The summed E-state index contributed by atoms with van der Waals surface area (Å²) in [6, 6.07) is 16.6. The zero-order chi connectivity index (χ0) is 20.1. The summed E-state index contributed by atoms with van der Waals surface area (Å²) in [4.78, 5) is 29.7. The van der Waals surface area contributed by atoms with E-state index in [0.29, 0.717) is 43.1 Å². The van der Waals surface area contributed by atoms with Gasteiger partial charge in [0.2, 0.25) is 5.95 Å². The van der Waals surface area contributed by atoms with Crippen LogP contribution in [-0.4, -0.2) is 51.9 Å². The van der Waals surface area contributed by atoms with Gasteiger partial charge in [-0.25, -0.2) is 15.0 Å². The number of pyridine rings is 1. The number of amides is 1. The second kappa shape index (κ2) is 8.35. The Hall–Kier alpha value is -3.99. The number of nitrogens with zero attached hydrogens (tertiary/aromatic N) is 6. The molecule has 0 unspecified atom stereocenters. The van der Waals surface area contributed by atoms with E-state index < -0.39 is 0 Å². The van der Waals surface area contributed by atoms with Crippen LogP contribution in [-0.2, 0) is 0 Å². The minimum absolute atomic E-state index is 0.135. The molecule has 4 rings (SSSR count). The number of rotatable bonds is 4. The van der Waals surface area contributed by atoms with Crippen LogP contribution >= 0.6 is 0 Å². The van der Waals surface area contributed by atoms with Crippen LogP contribution in [0.3, 0.4) is 0 Å². The van der Waals surface area contributed by atoms with Crippen molar-refractivity contribution in [2.24, 2.45) is 0 Å². The van der Waals surface area contributed by atoms with Crippen LogP contribution in [0.4, 0.5) is 17.5 Å². The Morgan fingerprint density at radius 3 is 2.52 bits per heavy atom. The fraction of sp³-hybridized carbons (Fsp3) is 0.190. The highest BCUT2D eigenvalue weighted by Crippen LogP contribution is 2.18. The number of nitrogens with one attached hydrogen (secondary N) is 1. The van der Waals surface area contributed by atoms with E-state index in [9.17, 15) is 10.1 Å². The van der Waals surface area contributed by atoms with Crippen LogP contribution in [0.15, 0.2) is 60.9 Å². The van der Waals surface area contributed by atoms with Crippen molar-refractivity contribution in [3.8, 4) is 6.07 Å². The van der Waals surface area contributed by atoms with Gasteiger partial charge in [-0.1, -0.05) is 18.2 Å². The number of carbonyl (C=O) groups excluding carboxylic acids is 1. The van der Waals surface area contributed by atoms with Crippen LogP contribution in [0.25, 0.3) is 0 Å². The molecule has 0 bridgehead atoms. The number of anilines is 3. The molecule has 0 spiro atoms. The van der Waals surface area contributed by atoms with E-state index in [1.54, 1.807) is 41.6 Å². The van der Waals surface area contributed by atoms with Gasteiger partial charge in [0.05, 0.1) is 11.3 Å². The SMILES string of the molecule is N#Cc1ccccc1Nc1nccc(C(=O)N2CCN(c3ccccn3)CC2)n1. The van der Waals surface area contributed by atoms with Crippen molar-refractivity contribution in [2.75, 3.05) is 36.4 Å². The molecule has 1 fully saturated rings. The topological polar surface area (TPSA) is 98.0 Å². The maximum absolute atomic E-state index is 12.9. The van der Waals surface area contributed by atoms with Gasteiger partial charge in [-0.2, -0.15) is 5.26 Å². The lowest BCUT2D eigenvalue weighted by molar-refractivity contribution is 0.0740. The van der Waals surface area contributed by atoms with Crippen molar-refractivity contribution >= 4 is 23.4 Å². The van der Waals surface area contributed by atoms with Gasteiger partial charge in [0.15, 0.2) is 0 Å². The third kappa shape index (κ3) is 4.14. The normalized spacial score (nSPS) is 13.6. The number of carbonyl (C=O) groups is 1. The number of piperazine rings is 1. The molecule has 1 N–H and O–H groups in total. The Morgan fingerprint density at radius 2 is 1.76 bits per heavy atom. The zero-order valence-corrected chi connectivity index (χ0v) is 15.7. The molecular weight excluding hydrogens is 366 g/mol. The molecule has 2 aromatic heterocycles. The van der Waals surface area contributed by atoms with Crippen LogP contribution in [0.2, 0.25) is 0 Å². The maximum atomic E-state index is 12.9. The Balaban J connectivity index is 1.43. The molecule has 3 aromatic rings. The number of aromatic nitrogens is 3. The van der Waals surface area contributed by atoms with E-state index in [1.807, 2.05) is 24.3 Å². The zero-order valence-electron chi connectivity index (χ0n) is 15.7. The molecule has 1 aromatic carbocycles. The number of hydrogen-bond donors (Lipinski definition) is 1. The van der Waals surface area contributed by atoms with E-state index in [0.717, 1.165) is 5.82 Å². The van der Waals surface area contributed by atoms with Gasteiger partial charge in [0, 0.05) is 38.6 Å². The van der Waals surface area contributed by atoms with Crippen molar-refractivity contribution in [2.45, 2.75) is 0 Å². The van der Waals surface area contributed by atoms with Gasteiger partial charge >= 0.3 is 0 Å². The molecule has 0 saturated carbocycles. The molecule has 0 radical (unpaired) electrons. The molecule has 0 aliphatic carbocycles. The maximum Gasteiger partial charge on any atom is 0.272 e. The second-order valence-electron chi connectivity index (χ2n) is 6.52. The third-order valence-electron chi connectivity index (χ3n) is 4.71. The van der Waals surface area contributed by atoms with E-state index in [2.05, 4.69) is 31.2 Å². The van der Waals surface area contributed by atoms with Gasteiger partial charge in [0.1, 0.15) is 17.6 Å². The standard InChI is InChI=1S/C21H19N7O/c22-15-16-5-1-2-6-17(16)25-21-24-10-8-18(26-21)20(29)28-13-11-27(12-14-28)19-7-3-4-9-23-19/h1-10H,11-14H2,(H,24,25,26). The first kappa shape index (κ1) is 18.4. The Bertz CT molecular complexity index is 1040. The van der Waals surface area contributed by atoms with Crippen molar-refractivity contribution in [3.63, 3.8) is 0 Å². The van der Waals surface area contributed by atoms with Crippen LogP contribution in [0.1, 0.15) is 16.1 Å². The first-order chi connectivity index (χ1) is 14.2. The summed E-state index contributed by atoms with van der Waals surface area (Å²) >= 11 is 0. The largest absolute Gasteiger partial charge is 0.353 e. The van der Waals surface area contributed by atoms with E-state index in [1.165, 1.54) is 0 Å². The summed E-state index contributed by atoms with van der Waals surface area (Å²) in [6.45, 7) is 2.63. The number of para-hydroxylation sites is 1. The van der Waals surface area contributed by atoms with Gasteiger partial charge in [-0.15, -0.1) is 0 Å². The lowest BCUT2D eigenvalue weighted by atomic mass is 10.2. The highest BCUT2D eigenvalue weighted by atomic mass is 16.2. The van der Waals surface area contributed by atoms with Gasteiger partial charge in [0.25, 0.3) is 5.91 Å². The molecule has 1 aliphatic heterocycles. The van der Waals surface area contributed by atoms with Gasteiger partial charge < -0.3 is 15.1 Å². The monoisotopic (exact) mass is 385 g/mol. The lowest BCUT2D eigenvalue weighted by Gasteiger charge is -2.35. The fourth-order valence-electron chi connectivity index (χ4n) is 3.19. The molecule has 0 atom stereocenters. The van der Waals surface area contributed by atoms with Crippen LogP contribution < -0.4 is 10.2 Å². The van der Waals surface area contributed by atoms with Crippen LogP contribution in [0.5, 0.6) is 0 Å². The molecule has 3 heterocycles. The molecule has 1 aliphatic rings. The Labute approximate surface area is 168 Å². The van der Waals surface area contributed by atoms with E-state index in [4.69, 9.17) is 0 Å². The molecule has 1 amide bonds. The predicted molar refractivity (Wildman–Crippen MR) is 109 cm³/mol. The number of hydrogen-bond acceptors (Lipinski definition) is 7. The Morgan fingerprint density at radius 1 is 0.966 bits per heavy atom. The fourth-order valence-corrected chi connectivity index (χ4v) is 3.19. The minimum Gasteiger partial charge on any atom is -0.353 e. The van der Waals surface area contributed by atoms with Crippen molar-refractivity contribution < 1.29 is 4.79 Å². The lowest BCUT2D eigenvalue weighted by Crippen LogP contribution is -2.49. The average molecular weight is 385 g/mol. The molecule has 8 heteroatoms. The van der Waals surface area contributed by atoms with Crippen molar-refractivity contribution in [1.29, 1.82) is 5.26 Å². The molecule has 1 saturated heterocycles. The van der Waals surface area contributed by atoms with Crippen molar-refractivity contribution in [3.05, 3.63) is 72.2 Å². The number of benzene rings is 1. The first-order valence-corrected chi connectivity index (χ1v) is 9.29. The predicted octanol–water partition coefficient (Wildman–Crippen LogP) is 2.45. The summed E-state index contributed by atoms with van der Waals surface area (Å²) in [5.41, 5.74) is 1.41. The summed E-state index contributed by atoms with van der Waals surface area (Å²) in [5.74, 6) is 1.07. The van der Waals surface area contributed by atoms with E-state index in [-0.39, 0.29) is 11.9 Å². The molecule has 8 nitrogen and oxygen atoms in total. The summed E-state index contributed by atoms with van der Waals surface area (Å²) in [7, 11) is 0. The molecule has 144 valence electrons. The van der Waals surface area contributed by atoms with Gasteiger partial charge in [-0.3, -0.25) is 4.79 Å². The second-order valence-corrected chi connectivity index (χ2v) is 6.52. The smallest absolute Gasteiger partial charge is 0.272 e. The van der Waals surface area contributed by atoms with Crippen molar-refractivity contribution in [1.82, 2.24) is 19.9 Å². The quantitative estimate of drug-likeness (QED) is 0.736. The molecular formula is C21H19N7O. The summed E-state index contributed by atoms with van der Waals surface area (Å²) in [5, 5.41) is 12.2. The van der Waals surface area contributed by atoms with Gasteiger partial charge in [-0.05, 0) is 30.3 Å². The highest BCUT2D eigenvalue weighted by molar-refractivity contribution is 5.92. The van der Waals surface area contributed by atoms with E-state index >= 15 is 0 Å². The first-order valence-electron chi connectivity index (χ1n) is 9.29. The highest BCUT2D eigenvalue weighted by Gasteiger charge is 2.24. The minimum atomic E-state index is -0.135. The third-order valence-corrected chi connectivity index (χ3v) is 4.71. The summed E-state index contributed by atoms with van der Waals surface area (Å²) in [6.07, 6.45) is 3.31. The van der Waals surface area contributed by atoms with Crippen LogP contribution in [0, 0.1) is 11.3 Å².